The van der Waals surface area contributed by atoms with Gasteiger partial charge < -0.3 is 21.0 Å². The third kappa shape index (κ3) is 2.87. The Morgan fingerprint density at radius 2 is 2.29 bits per heavy atom. The predicted octanol–water partition coefficient (Wildman–Crippen LogP) is 1.14. The Bertz CT molecular complexity index is 444. The smallest absolute Gasteiger partial charge is 0.224 e. The molecule has 17 heavy (non-hydrogen) atoms. The first kappa shape index (κ1) is 12.8. The maximum Gasteiger partial charge on any atom is 0.224 e. The first-order valence-electron chi connectivity index (χ1n) is 5.08. The molecule has 0 fully saturated rings. The fourth-order valence-electron chi connectivity index (χ4n) is 1.33. The highest BCUT2D eigenvalue weighted by Gasteiger charge is 2.14. The zero-order valence-corrected chi connectivity index (χ0v) is 9.73. The molecular weight excluding hydrogens is 222 g/mol. The minimum Gasteiger partial charge on any atom is -0.495 e. The van der Waals surface area contributed by atoms with Crippen LogP contribution in [0.5, 0.6) is 5.75 Å². The van der Waals surface area contributed by atoms with Crippen LogP contribution in [0.2, 0.25) is 0 Å². The Morgan fingerprint density at radius 1 is 1.59 bits per heavy atom. The lowest BCUT2D eigenvalue weighted by molar-refractivity contribution is -0.115. The topological polar surface area (TPSA) is 96.9 Å². The number of benzene rings is 1. The number of nitrogens with one attached hydrogen (secondary N) is 1. The molecule has 0 unspecified atom stereocenters. The molecule has 0 radical (unpaired) electrons. The Morgan fingerprint density at radius 3 is 2.82 bits per heavy atom. The third-order valence-corrected chi connectivity index (χ3v) is 2.22. The molecule has 0 spiro atoms. The minimum atomic E-state index is -0.179. The van der Waals surface area contributed by atoms with Gasteiger partial charge in [0.05, 0.1) is 12.8 Å². The summed E-state index contributed by atoms with van der Waals surface area (Å²) in [6.45, 7) is 1.73. The van der Waals surface area contributed by atoms with Gasteiger partial charge in [0, 0.05) is 12.0 Å². The predicted molar refractivity (Wildman–Crippen MR) is 64.4 cm³/mol. The Hall–Kier alpha value is -2.24. The van der Waals surface area contributed by atoms with E-state index in [-0.39, 0.29) is 11.7 Å². The number of carbonyl (C=O) groups is 1. The van der Waals surface area contributed by atoms with Crippen LogP contribution in [0.1, 0.15) is 18.9 Å². The summed E-state index contributed by atoms with van der Waals surface area (Å²) in [5, 5.41) is 14.3. The van der Waals surface area contributed by atoms with Crippen LogP contribution in [0.3, 0.4) is 0 Å². The number of carbonyl (C=O) groups excluding carboxylic acids is 1. The number of para-hydroxylation sites is 1. The van der Waals surface area contributed by atoms with Gasteiger partial charge in [0.25, 0.3) is 0 Å². The molecule has 6 nitrogen and oxygen atoms in total. The van der Waals surface area contributed by atoms with Crippen LogP contribution in [0, 0.1) is 0 Å². The number of nitrogens with two attached hydrogens (primary N) is 1. The van der Waals surface area contributed by atoms with E-state index in [4.69, 9.17) is 15.7 Å². The number of nitrogens with zero attached hydrogens (tertiary/aromatic N) is 1. The molecule has 4 N–H and O–H groups in total. The van der Waals surface area contributed by atoms with Gasteiger partial charge in [-0.05, 0) is 12.1 Å². The number of anilines is 1. The van der Waals surface area contributed by atoms with Gasteiger partial charge in [-0.25, -0.2) is 0 Å². The van der Waals surface area contributed by atoms with Crippen LogP contribution in [0.15, 0.2) is 23.4 Å². The number of rotatable bonds is 4. The summed E-state index contributed by atoms with van der Waals surface area (Å²) < 4.78 is 5.12. The molecule has 0 bridgehead atoms. The Balaban J connectivity index is 3.25. The van der Waals surface area contributed by atoms with Crippen molar-refractivity contribution in [2.45, 2.75) is 13.3 Å². The molecule has 0 saturated carbocycles. The first-order chi connectivity index (χ1) is 8.13. The molecule has 6 heteroatoms. The zero-order chi connectivity index (χ0) is 12.8. The molecule has 0 aromatic heterocycles. The number of amidine groups is 1. The van der Waals surface area contributed by atoms with Crippen LogP contribution in [0.4, 0.5) is 5.69 Å². The van der Waals surface area contributed by atoms with E-state index in [9.17, 15) is 4.79 Å². The lowest BCUT2D eigenvalue weighted by atomic mass is 10.1. The number of oxime groups is 1. The van der Waals surface area contributed by atoms with Gasteiger partial charge in [0.2, 0.25) is 5.91 Å². The SMILES string of the molecule is CCC(=O)Nc1c(OC)cccc1/C(N)=N/O. The highest BCUT2D eigenvalue weighted by Crippen LogP contribution is 2.28. The van der Waals surface area contributed by atoms with Gasteiger partial charge in [0.15, 0.2) is 5.84 Å². The van der Waals surface area contributed by atoms with E-state index in [1.165, 1.54) is 7.11 Å². The van der Waals surface area contributed by atoms with Crippen molar-refractivity contribution < 1.29 is 14.7 Å². The lowest BCUT2D eigenvalue weighted by Gasteiger charge is -2.13. The van der Waals surface area contributed by atoms with Gasteiger partial charge in [-0.3, -0.25) is 4.79 Å². The number of amides is 1. The second-order valence-corrected chi connectivity index (χ2v) is 3.27. The van der Waals surface area contributed by atoms with Crippen LogP contribution < -0.4 is 15.8 Å². The quantitative estimate of drug-likeness (QED) is 0.316. The van der Waals surface area contributed by atoms with E-state index >= 15 is 0 Å². The van der Waals surface area contributed by atoms with Gasteiger partial charge in [-0.2, -0.15) is 0 Å². The molecule has 92 valence electrons. The second-order valence-electron chi connectivity index (χ2n) is 3.27. The van der Waals surface area contributed by atoms with Crippen molar-refractivity contribution in [2.75, 3.05) is 12.4 Å². The number of methoxy groups -OCH3 is 1. The average Bonchev–Trinajstić information content (AvgIpc) is 2.37. The van der Waals surface area contributed by atoms with Crippen LogP contribution in [-0.2, 0) is 4.79 Å². The van der Waals surface area contributed by atoms with Crippen LogP contribution in [-0.4, -0.2) is 24.1 Å². The number of hydrogen-bond donors (Lipinski definition) is 3. The van der Waals surface area contributed by atoms with E-state index in [0.717, 1.165) is 0 Å². The maximum absolute atomic E-state index is 11.4. The molecule has 1 aromatic carbocycles. The Labute approximate surface area is 99.1 Å². The first-order valence-corrected chi connectivity index (χ1v) is 5.08. The van der Waals surface area contributed by atoms with E-state index in [0.29, 0.717) is 23.4 Å². The molecule has 1 rings (SSSR count). The van der Waals surface area contributed by atoms with Gasteiger partial charge in [-0.15, -0.1) is 0 Å². The molecule has 0 aliphatic heterocycles. The fourth-order valence-corrected chi connectivity index (χ4v) is 1.33. The number of hydrogen-bond acceptors (Lipinski definition) is 4. The second kappa shape index (κ2) is 5.74. The summed E-state index contributed by atoms with van der Waals surface area (Å²) in [6.07, 6.45) is 0.327. The van der Waals surface area contributed by atoms with Gasteiger partial charge in [0.1, 0.15) is 5.75 Å². The molecule has 0 heterocycles. The largest absolute Gasteiger partial charge is 0.495 e. The normalized spacial score (nSPS) is 11.1. The van der Waals surface area contributed by atoms with Crippen LogP contribution in [0.25, 0.3) is 0 Å². The molecule has 0 atom stereocenters. The van der Waals surface area contributed by atoms with E-state index < -0.39 is 0 Å². The standard InChI is InChI=1S/C11H15N3O3/c1-3-9(15)13-10-7(11(12)14-16)5-4-6-8(10)17-2/h4-6,16H,3H2,1-2H3,(H2,12,14)(H,13,15). The number of ether oxygens (including phenoxy) is 1. The van der Waals surface area contributed by atoms with Gasteiger partial charge in [-0.1, -0.05) is 18.1 Å². The lowest BCUT2D eigenvalue weighted by Crippen LogP contribution is -2.19. The molecule has 0 aliphatic carbocycles. The van der Waals surface area contributed by atoms with Crippen molar-refractivity contribution in [3.63, 3.8) is 0 Å². The zero-order valence-electron chi connectivity index (χ0n) is 9.73. The summed E-state index contributed by atoms with van der Waals surface area (Å²) in [6, 6.07) is 5.00. The van der Waals surface area contributed by atoms with Crippen molar-refractivity contribution in [1.29, 1.82) is 0 Å². The van der Waals surface area contributed by atoms with Crippen molar-refractivity contribution in [3.8, 4) is 5.75 Å². The van der Waals surface area contributed by atoms with Crippen LogP contribution >= 0.6 is 0 Å². The highest BCUT2D eigenvalue weighted by molar-refractivity contribution is 6.06. The minimum absolute atomic E-state index is 0.0877. The third-order valence-electron chi connectivity index (χ3n) is 2.22. The monoisotopic (exact) mass is 237 g/mol. The van der Waals surface area contributed by atoms with Crippen molar-refractivity contribution in [3.05, 3.63) is 23.8 Å². The molecule has 1 amide bonds. The average molecular weight is 237 g/mol. The Kier molecular flexibility index (Phi) is 4.33. The van der Waals surface area contributed by atoms with E-state index in [1.807, 2.05) is 0 Å². The summed E-state index contributed by atoms with van der Waals surface area (Å²) in [5.74, 6) is 0.188. The van der Waals surface area contributed by atoms with Crippen molar-refractivity contribution in [1.82, 2.24) is 0 Å². The maximum atomic E-state index is 11.4. The van der Waals surface area contributed by atoms with Crippen molar-refractivity contribution in [2.24, 2.45) is 10.9 Å². The summed E-state index contributed by atoms with van der Waals surface area (Å²) in [5.41, 5.74) is 6.34. The molecular formula is C11H15N3O3. The summed E-state index contributed by atoms with van der Waals surface area (Å²) >= 11 is 0. The van der Waals surface area contributed by atoms with Gasteiger partial charge >= 0.3 is 0 Å². The van der Waals surface area contributed by atoms with E-state index in [1.54, 1.807) is 25.1 Å². The molecule has 1 aromatic rings. The summed E-state index contributed by atoms with van der Waals surface area (Å²) in [4.78, 5) is 11.4. The molecule has 0 aliphatic rings. The summed E-state index contributed by atoms with van der Waals surface area (Å²) in [7, 11) is 1.48. The van der Waals surface area contributed by atoms with E-state index in [2.05, 4.69) is 10.5 Å². The fraction of sp³-hybridized carbons (Fsp3) is 0.273. The molecule has 0 saturated heterocycles. The van der Waals surface area contributed by atoms with Crippen molar-refractivity contribution >= 4 is 17.4 Å². The highest BCUT2D eigenvalue weighted by atomic mass is 16.5.